The van der Waals surface area contributed by atoms with Crippen LogP contribution < -0.4 is 9.47 Å². The lowest BCUT2D eigenvalue weighted by atomic mass is 10.2. The molecule has 3 heterocycles. The molecule has 11 nitrogen and oxygen atoms in total. The van der Waals surface area contributed by atoms with Crippen LogP contribution in [0.1, 0.15) is 29.4 Å². The molecular formula is C25H29N5O6S. The van der Waals surface area contributed by atoms with E-state index in [2.05, 4.69) is 20.2 Å². The third kappa shape index (κ3) is 5.65. The van der Waals surface area contributed by atoms with Crippen molar-refractivity contribution in [1.82, 2.24) is 24.7 Å². The molecule has 0 saturated carbocycles. The number of sulfone groups is 1. The number of aromatic nitrogens is 5. The van der Waals surface area contributed by atoms with Crippen LogP contribution in [0.2, 0.25) is 0 Å². The van der Waals surface area contributed by atoms with E-state index in [-0.39, 0.29) is 25.3 Å². The normalized spacial score (nSPS) is 12.5. The van der Waals surface area contributed by atoms with Gasteiger partial charge in [-0.15, -0.1) is 10.2 Å². The molecule has 0 unspecified atom stereocenters. The van der Waals surface area contributed by atoms with Crippen LogP contribution in [0.15, 0.2) is 47.1 Å². The average Bonchev–Trinajstić information content (AvgIpc) is 3.49. The van der Waals surface area contributed by atoms with Gasteiger partial charge in [0.15, 0.2) is 21.4 Å². The summed E-state index contributed by atoms with van der Waals surface area (Å²) in [5.74, 6) is 2.28. The van der Waals surface area contributed by atoms with Crippen LogP contribution in [0.3, 0.4) is 0 Å². The minimum Gasteiger partial charge on any atom is -0.494 e. The summed E-state index contributed by atoms with van der Waals surface area (Å²) in [6.07, 6.45) is 3.34. The molecule has 0 amide bonds. The van der Waals surface area contributed by atoms with Gasteiger partial charge in [0.25, 0.3) is 0 Å². The van der Waals surface area contributed by atoms with Gasteiger partial charge in [-0.05, 0) is 50.1 Å². The third-order valence-electron chi connectivity index (χ3n) is 5.85. The molecule has 1 atom stereocenters. The van der Waals surface area contributed by atoms with Crippen LogP contribution in [-0.2, 0) is 22.0 Å². The number of aryl methyl sites for hydroxylation is 2. The molecular weight excluding hydrogens is 498 g/mol. The first-order valence-electron chi connectivity index (χ1n) is 11.6. The quantitative estimate of drug-likeness (QED) is 0.309. The molecule has 4 aromatic rings. The second kappa shape index (κ2) is 11.1. The molecule has 4 rings (SSSR count). The molecule has 0 fully saturated rings. The number of methoxy groups -OCH3 is 2. The van der Waals surface area contributed by atoms with Crippen molar-refractivity contribution in [3.63, 3.8) is 0 Å². The van der Waals surface area contributed by atoms with E-state index < -0.39 is 20.8 Å². The highest BCUT2D eigenvalue weighted by Crippen LogP contribution is 2.37. The Balaban J connectivity index is 1.81. The van der Waals surface area contributed by atoms with Crippen LogP contribution in [-0.4, -0.2) is 64.3 Å². The van der Waals surface area contributed by atoms with E-state index in [0.29, 0.717) is 40.4 Å². The average molecular weight is 528 g/mol. The number of aliphatic hydroxyl groups is 1. The molecule has 0 aliphatic carbocycles. The topological polar surface area (TPSA) is 142 Å². The Morgan fingerprint density at radius 3 is 2.27 bits per heavy atom. The van der Waals surface area contributed by atoms with Gasteiger partial charge in [-0.1, -0.05) is 6.07 Å². The van der Waals surface area contributed by atoms with E-state index in [9.17, 15) is 13.5 Å². The Hall–Kier alpha value is -3.77. The van der Waals surface area contributed by atoms with Gasteiger partial charge in [-0.25, -0.2) is 18.4 Å². The number of benzene rings is 1. The zero-order valence-corrected chi connectivity index (χ0v) is 21.9. The number of furan rings is 1. The Kier molecular flexibility index (Phi) is 7.89. The summed E-state index contributed by atoms with van der Waals surface area (Å²) in [5.41, 5.74) is 1.30. The lowest BCUT2D eigenvalue weighted by Gasteiger charge is -2.19. The molecule has 0 spiro atoms. The molecule has 0 radical (unpaired) electrons. The lowest BCUT2D eigenvalue weighted by Crippen LogP contribution is -2.28. The number of rotatable bonds is 11. The minimum absolute atomic E-state index is 0.0237. The van der Waals surface area contributed by atoms with Gasteiger partial charge in [0, 0.05) is 25.4 Å². The van der Waals surface area contributed by atoms with Crippen molar-refractivity contribution < 1.29 is 27.4 Å². The number of ether oxygens (including phenoxy) is 2. The second-order valence-electron chi connectivity index (χ2n) is 8.52. The van der Waals surface area contributed by atoms with Gasteiger partial charge in [0.1, 0.15) is 34.5 Å². The summed E-state index contributed by atoms with van der Waals surface area (Å²) in [4.78, 5) is 8.48. The van der Waals surface area contributed by atoms with Gasteiger partial charge < -0.3 is 19.0 Å². The highest BCUT2D eigenvalue weighted by atomic mass is 32.2. The fraction of sp³-hybridized carbons (Fsp3) is 0.360. The highest BCUT2D eigenvalue weighted by molar-refractivity contribution is 7.91. The van der Waals surface area contributed by atoms with Crippen molar-refractivity contribution in [1.29, 1.82) is 0 Å². The van der Waals surface area contributed by atoms with Crippen molar-refractivity contribution in [3.8, 4) is 28.8 Å². The Bertz CT molecular complexity index is 1440. The van der Waals surface area contributed by atoms with Crippen molar-refractivity contribution >= 4 is 9.84 Å². The largest absolute Gasteiger partial charge is 0.494 e. The Labute approximate surface area is 215 Å². The zero-order valence-electron chi connectivity index (χ0n) is 21.1. The van der Waals surface area contributed by atoms with Crippen molar-refractivity contribution in [3.05, 3.63) is 65.7 Å². The van der Waals surface area contributed by atoms with E-state index in [4.69, 9.17) is 13.9 Å². The number of nitrogens with zero attached hydrogens (tertiary/aromatic N) is 5. The molecule has 196 valence electrons. The van der Waals surface area contributed by atoms with E-state index >= 15 is 0 Å². The molecule has 0 bridgehead atoms. The van der Waals surface area contributed by atoms with Crippen LogP contribution in [0.4, 0.5) is 0 Å². The Morgan fingerprint density at radius 1 is 1.03 bits per heavy atom. The van der Waals surface area contributed by atoms with Gasteiger partial charge in [-0.3, -0.25) is 4.57 Å². The van der Waals surface area contributed by atoms with Gasteiger partial charge in [-0.2, -0.15) is 0 Å². The highest BCUT2D eigenvalue weighted by Gasteiger charge is 2.32. The number of hydrogen-bond acceptors (Lipinski definition) is 10. The van der Waals surface area contributed by atoms with Crippen LogP contribution in [0.5, 0.6) is 11.5 Å². The fourth-order valence-corrected chi connectivity index (χ4v) is 5.64. The van der Waals surface area contributed by atoms with Crippen LogP contribution >= 0.6 is 0 Å². The second-order valence-corrected chi connectivity index (χ2v) is 10.8. The fourth-order valence-electron chi connectivity index (χ4n) is 3.99. The van der Waals surface area contributed by atoms with Crippen LogP contribution in [0, 0.1) is 13.8 Å². The maximum Gasteiger partial charge on any atom is 0.204 e. The monoisotopic (exact) mass is 527 g/mol. The molecule has 0 saturated heterocycles. The zero-order chi connectivity index (χ0) is 26.6. The smallest absolute Gasteiger partial charge is 0.204 e. The van der Waals surface area contributed by atoms with E-state index in [1.165, 1.54) is 14.2 Å². The molecule has 37 heavy (non-hydrogen) atoms. The van der Waals surface area contributed by atoms with Gasteiger partial charge in [0.2, 0.25) is 5.82 Å². The maximum atomic E-state index is 13.7. The first-order chi connectivity index (χ1) is 17.8. The van der Waals surface area contributed by atoms with E-state index in [1.807, 2.05) is 6.92 Å². The third-order valence-corrected chi connectivity index (χ3v) is 7.93. The lowest BCUT2D eigenvalue weighted by molar-refractivity contribution is 0.284. The van der Waals surface area contributed by atoms with Crippen molar-refractivity contribution in [2.75, 3.05) is 20.8 Å². The summed E-state index contributed by atoms with van der Waals surface area (Å²) < 4.78 is 45.9. The van der Waals surface area contributed by atoms with E-state index in [1.54, 1.807) is 54.2 Å². The van der Waals surface area contributed by atoms with E-state index in [0.717, 1.165) is 5.56 Å². The summed E-state index contributed by atoms with van der Waals surface area (Å²) in [6.45, 7) is 3.34. The summed E-state index contributed by atoms with van der Waals surface area (Å²) in [5, 5.41) is 17.2. The molecule has 3 aromatic heterocycles. The van der Waals surface area contributed by atoms with Crippen molar-refractivity contribution in [2.24, 2.45) is 0 Å². The van der Waals surface area contributed by atoms with Gasteiger partial charge in [0.05, 0.1) is 19.5 Å². The summed E-state index contributed by atoms with van der Waals surface area (Å²) in [7, 11) is -0.838. The first-order valence-corrected chi connectivity index (χ1v) is 13.3. The van der Waals surface area contributed by atoms with Crippen LogP contribution in [0.25, 0.3) is 17.3 Å². The number of hydrogen-bond donors (Lipinski definition) is 1. The van der Waals surface area contributed by atoms with Gasteiger partial charge >= 0.3 is 0 Å². The first kappa shape index (κ1) is 26.3. The summed E-state index contributed by atoms with van der Waals surface area (Å²) >= 11 is 0. The maximum absolute atomic E-state index is 13.7. The molecule has 1 N–H and O–H groups in total. The molecule has 0 aliphatic rings. The molecule has 12 heteroatoms. The molecule has 1 aromatic carbocycles. The van der Waals surface area contributed by atoms with Crippen molar-refractivity contribution in [2.45, 2.75) is 37.7 Å². The number of para-hydroxylation sites is 1. The predicted molar refractivity (Wildman–Crippen MR) is 135 cm³/mol. The predicted octanol–water partition coefficient (Wildman–Crippen LogP) is 2.86. The minimum atomic E-state index is -3.85. The Morgan fingerprint density at radius 2 is 1.70 bits per heavy atom. The number of aliphatic hydroxyl groups excluding tert-OH is 1. The SMILES string of the molecule is COc1cccc(OC)c1-n1c(CS(=O)(=O)[C@@H](CCO)Cc2ncc(C)cn2)nnc1-c1ccc(C)o1. The summed E-state index contributed by atoms with van der Waals surface area (Å²) in [6, 6.07) is 8.74. The molecule has 0 aliphatic heterocycles. The standard InChI is InChI=1S/C25H29N5O6S/c1-16-13-26-22(27-14-16)12-18(10-11-31)37(32,33)15-23-28-29-25(21-9-8-17(2)36-21)30(23)24-19(34-3)6-5-7-20(24)35-4/h5-9,13-14,18,31H,10-12,15H2,1-4H3/t18-/m0/s1.